The highest BCUT2D eigenvalue weighted by Gasteiger charge is 2.19. The molecule has 12 rings (SSSR count). The summed E-state index contributed by atoms with van der Waals surface area (Å²) in [5.41, 5.74) is 6.35. The van der Waals surface area contributed by atoms with Crippen LogP contribution in [0.4, 0.5) is 0 Å². The monoisotopic (exact) mass is 730 g/mol. The van der Waals surface area contributed by atoms with Crippen LogP contribution in [0.15, 0.2) is 182 Å². The summed E-state index contributed by atoms with van der Waals surface area (Å²) < 4.78 is 4.94. The second kappa shape index (κ2) is 12.2. The van der Waals surface area contributed by atoms with Crippen LogP contribution in [-0.2, 0) is 0 Å². The quantitative estimate of drug-likeness (QED) is 0.181. The Morgan fingerprint density at radius 2 is 0.946 bits per heavy atom. The first-order valence-electron chi connectivity index (χ1n) is 18.8. The number of aromatic nitrogens is 4. The largest absolute Gasteiger partial charge is 0.309 e. The number of thiophene rings is 1. The fourth-order valence-corrected chi connectivity index (χ4v) is 9.63. The van der Waals surface area contributed by atoms with Gasteiger partial charge in [-0.3, -0.25) is 0 Å². The molecule has 0 radical (unpaired) electrons. The van der Waals surface area contributed by atoms with Crippen LogP contribution in [0.1, 0.15) is 0 Å². The average molecular weight is 731 g/mol. The highest BCUT2D eigenvalue weighted by atomic mass is 32.1. The summed E-state index contributed by atoms with van der Waals surface area (Å²) in [6, 6.07) is 65.1. The van der Waals surface area contributed by atoms with Crippen LogP contribution in [0.3, 0.4) is 0 Å². The lowest BCUT2D eigenvalue weighted by atomic mass is 10.0. The lowest BCUT2D eigenvalue weighted by Crippen LogP contribution is -2.01. The van der Waals surface area contributed by atoms with Gasteiger partial charge in [0.15, 0.2) is 17.5 Å². The van der Waals surface area contributed by atoms with E-state index in [-0.39, 0.29) is 0 Å². The number of nitrogens with zero attached hydrogens (tertiary/aromatic N) is 4. The van der Waals surface area contributed by atoms with Gasteiger partial charge in [0.1, 0.15) is 0 Å². The van der Waals surface area contributed by atoms with Gasteiger partial charge in [-0.05, 0) is 81.5 Å². The van der Waals surface area contributed by atoms with Gasteiger partial charge in [0, 0.05) is 53.0 Å². The Bertz CT molecular complexity index is 3560. The molecular formula is C51H30N4S. The highest BCUT2D eigenvalue weighted by molar-refractivity contribution is 7.25. The lowest BCUT2D eigenvalue weighted by Gasteiger charge is -2.15. The molecule has 12 aromatic rings. The fraction of sp³-hybridized carbons (Fsp3) is 0. The zero-order valence-corrected chi connectivity index (χ0v) is 30.8. The van der Waals surface area contributed by atoms with E-state index < -0.39 is 0 Å². The summed E-state index contributed by atoms with van der Waals surface area (Å²) in [5, 5.41) is 11.9. The van der Waals surface area contributed by atoms with E-state index in [9.17, 15) is 0 Å². The molecule has 0 fully saturated rings. The predicted molar refractivity (Wildman–Crippen MR) is 236 cm³/mol. The summed E-state index contributed by atoms with van der Waals surface area (Å²) in [6.45, 7) is 0. The maximum absolute atomic E-state index is 5.28. The second-order valence-electron chi connectivity index (χ2n) is 14.4. The van der Waals surface area contributed by atoms with Crippen molar-refractivity contribution in [2.24, 2.45) is 0 Å². The maximum Gasteiger partial charge on any atom is 0.164 e. The fourth-order valence-electron chi connectivity index (χ4n) is 8.55. The van der Waals surface area contributed by atoms with Crippen molar-refractivity contribution < 1.29 is 0 Å². The van der Waals surface area contributed by atoms with E-state index in [0.29, 0.717) is 17.5 Å². The molecule has 0 atom stereocenters. The number of hydrogen-bond acceptors (Lipinski definition) is 4. The number of para-hydroxylation sites is 1. The normalized spacial score (nSPS) is 11.9. The van der Waals surface area contributed by atoms with E-state index in [4.69, 9.17) is 15.0 Å². The molecule has 5 heteroatoms. The molecule has 3 heterocycles. The molecule has 0 saturated carbocycles. The molecule has 56 heavy (non-hydrogen) atoms. The summed E-state index contributed by atoms with van der Waals surface area (Å²) in [5.74, 6) is 1.94. The van der Waals surface area contributed by atoms with Crippen LogP contribution in [0.25, 0.3) is 114 Å². The SMILES string of the molecule is c1ccc2cc(-c3nc(-c4ccc5sc6ccccc6c5c4)nc(-c4cccc5c(-n6c7ccccc7c7cc8ccccc8cc76)cccc45)n3)ccc2c1. The molecule has 0 spiro atoms. The Morgan fingerprint density at radius 3 is 1.80 bits per heavy atom. The van der Waals surface area contributed by atoms with Crippen molar-refractivity contribution in [3.8, 4) is 39.9 Å². The third-order valence-corrected chi connectivity index (χ3v) is 12.4. The molecule has 9 aromatic carbocycles. The van der Waals surface area contributed by atoms with Gasteiger partial charge in [-0.25, -0.2) is 15.0 Å². The first-order chi connectivity index (χ1) is 27.7. The Morgan fingerprint density at radius 1 is 0.339 bits per heavy atom. The van der Waals surface area contributed by atoms with Gasteiger partial charge in [0.2, 0.25) is 0 Å². The Labute approximate surface area is 325 Å². The van der Waals surface area contributed by atoms with Crippen LogP contribution >= 0.6 is 11.3 Å². The summed E-state index contributed by atoms with van der Waals surface area (Å²) in [4.78, 5) is 15.7. The van der Waals surface area contributed by atoms with Crippen LogP contribution in [0.5, 0.6) is 0 Å². The molecule has 0 N–H and O–H groups in total. The van der Waals surface area contributed by atoms with E-state index >= 15 is 0 Å². The number of benzene rings is 9. The first-order valence-corrected chi connectivity index (χ1v) is 19.7. The Hall–Kier alpha value is -7.21. The minimum atomic E-state index is 0.643. The number of rotatable bonds is 4. The van der Waals surface area contributed by atoms with Crippen molar-refractivity contribution >= 4 is 85.6 Å². The average Bonchev–Trinajstić information content (AvgIpc) is 3.79. The Kier molecular flexibility index (Phi) is 6.76. The van der Waals surface area contributed by atoms with Gasteiger partial charge in [0.25, 0.3) is 0 Å². The molecule has 3 aromatic heterocycles. The number of hydrogen-bond donors (Lipinski definition) is 0. The standard InChI is InChI=1S/C51H30N4S/c1-2-12-32-27-35(24-23-31(32)11-1)49-52-50(36-25-26-48-43(29-36)40-16-6-8-22-47(40)56-48)54-51(53-49)41-19-9-18-38-37(41)17-10-21-45(38)55-44-20-7-5-15-39(44)42-28-33-13-3-4-14-34(33)30-46(42)55/h1-30H. The van der Waals surface area contributed by atoms with Gasteiger partial charge in [0.05, 0.1) is 16.7 Å². The number of fused-ring (bicyclic) bond motifs is 9. The van der Waals surface area contributed by atoms with E-state index in [1.807, 2.05) is 11.3 Å². The van der Waals surface area contributed by atoms with Gasteiger partial charge >= 0.3 is 0 Å². The van der Waals surface area contributed by atoms with Crippen molar-refractivity contribution in [2.45, 2.75) is 0 Å². The minimum Gasteiger partial charge on any atom is -0.309 e. The summed E-state index contributed by atoms with van der Waals surface area (Å²) in [7, 11) is 0. The van der Waals surface area contributed by atoms with Crippen molar-refractivity contribution in [1.82, 2.24) is 19.5 Å². The van der Waals surface area contributed by atoms with Crippen molar-refractivity contribution in [3.63, 3.8) is 0 Å². The smallest absolute Gasteiger partial charge is 0.164 e. The molecule has 0 unspecified atom stereocenters. The lowest BCUT2D eigenvalue weighted by molar-refractivity contribution is 1.08. The maximum atomic E-state index is 5.28. The summed E-state index contributed by atoms with van der Waals surface area (Å²) >= 11 is 1.81. The molecule has 0 aliphatic carbocycles. The zero-order valence-electron chi connectivity index (χ0n) is 30.0. The minimum absolute atomic E-state index is 0.643. The van der Waals surface area contributed by atoms with Crippen molar-refractivity contribution in [2.75, 3.05) is 0 Å². The van der Waals surface area contributed by atoms with E-state index in [2.05, 4.69) is 187 Å². The van der Waals surface area contributed by atoms with Gasteiger partial charge in [-0.1, -0.05) is 127 Å². The predicted octanol–water partition coefficient (Wildman–Crippen LogP) is 13.8. The van der Waals surface area contributed by atoms with Crippen LogP contribution in [0, 0.1) is 0 Å². The topological polar surface area (TPSA) is 43.6 Å². The van der Waals surface area contributed by atoms with E-state index in [0.717, 1.165) is 38.5 Å². The highest BCUT2D eigenvalue weighted by Crippen LogP contribution is 2.40. The molecule has 0 amide bonds. The van der Waals surface area contributed by atoms with E-state index in [1.54, 1.807) is 0 Å². The van der Waals surface area contributed by atoms with Crippen LogP contribution < -0.4 is 0 Å². The first kappa shape index (κ1) is 31.2. The second-order valence-corrected chi connectivity index (χ2v) is 15.5. The molecule has 260 valence electrons. The molecule has 0 aliphatic heterocycles. The third kappa shape index (κ3) is 4.81. The van der Waals surface area contributed by atoms with Gasteiger partial charge in [-0.15, -0.1) is 11.3 Å². The third-order valence-electron chi connectivity index (χ3n) is 11.2. The van der Waals surface area contributed by atoms with Crippen LogP contribution in [0.2, 0.25) is 0 Å². The van der Waals surface area contributed by atoms with Crippen molar-refractivity contribution in [1.29, 1.82) is 0 Å². The van der Waals surface area contributed by atoms with Gasteiger partial charge in [-0.2, -0.15) is 0 Å². The molecule has 0 saturated heterocycles. The molecule has 0 aliphatic rings. The molecule has 4 nitrogen and oxygen atoms in total. The Balaban J connectivity index is 1.10. The van der Waals surface area contributed by atoms with E-state index in [1.165, 1.54) is 58.1 Å². The van der Waals surface area contributed by atoms with Crippen molar-refractivity contribution in [3.05, 3.63) is 182 Å². The van der Waals surface area contributed by atoms with Gasteiger partial charge < -0.3 is 4.57 Å². The molecule has 0 bridgehead atoms. The summed E-state index contributed by atoms with van der Waals surface area (Å²) in [6.07, 6.45) is 0. The zero-order chi connectivity index (χ0) is 36.7. The van der Waals surface area contributed by atoms with Crippen LogP contribution in [-0.4, -0.2) is 19.5 Å². The molecular weight excluding hydrogens is 701 g/mol.